The van der Waals surface area contributed by atoms with Crippen molar-refractivity contribution in [1.29, 1.82) is 0 Å². The molecule has 0 saturated heterocycles. The minimum absolute atomic E-state index is 0.206. The van der Waals surface area contributed by atoms with Gasteiger partial charge in [0.2, 0.25) is 0 Å². The Morgan fingerprint density at radius 3 is 2.73 bits per heavy atom. The largest absolute Gasteiger partial charge is 0.370 e. The molecule has 0 fully saturated rings. The molecule has 0 aliphatic heterocycles. The van der Waals surface area contributed by atoms with Crippen LogP contribution in [-0.2, 0) is 6.54 Å². The normalized spacial score (nSPS) is 11.3. The SMILES string of the molecule is CCNC(=NCc1ncccc1F)NCCN(CC)c1cccc(C)c1. The van der Waals surface area contributed by atoms with Gasteiger partial charge in [-0.25, -0.2) is 9.38 Å². The monoisotopic (exact) mass is 357 g/mol. The molecule has 0 aliphatic rings. The summed E-state index contributed by atoms with van der Waals surface area (Å²) in [5.74, 6) is 0.335. The average Bonchev–Trinajstić information content (AvgIpc) is 2.64. The number of benzene rings is 1. The summed E-state index contributed by atoms with van der Waals surface area (Å²) in [5, 5.41) is 6.49. The van der Waals surface area contributed by atoms with Crippen LogP contribution >= 0.6 is 0 Å². The van der Waals surface area contributed by atoms with Crippen molar-refractivity contribution in [2.24, 2.45) is 4.99 Å². The zero-order chi connectivity index (χ0) is 18.8. The van der Waals surface area contributed by atoms with Gasteiger partial charge in [-0.3, -0.25) is 4.98 Å². The molecular formula is C20H28FN5. The number of pyridine rings is 1. The highest BCUT2D eigenvalue weighted by Crippen LogP contribution is 2.14. The fraction of sp³-hybridized carbons (Fsp3) is 0.400. The van der Waals surface area contributed by atoms with E-state index in [-0.39, 0.29) is 12.4 Å². The molecule has 0 saturated carbocycles. The van der Waals surface area contributed by atoms with Crippen molar-refractivity contribution in [3.8, 4) is 0 Å². The van der Waals surface area contributed by atoms with Crippen molar-refractivity contribution in [3.05, 3.63) is 59.7 Å². The predicted octanol–water partition coefficient (Wildman–Crippen LogP) is 3.11. The van der Waals surface area contributed by atoms with E-state index in [9.17, 15) is 4.39 Å². The minimum Gasteiger partial charge on any atom is -0.370 e. The minimum atomic E-state index is -0.330. The van der Waals surface area contributed by atoms with Crippen molar-refractivity contribution in [2.45, 2.75) is 27.3 Å². The van der Waals surface area contributed by atoms with E-state index in [1.54, 1.807) is 12.3 Å². The molecule has 5 nitrogen and oxygen atoms in total. The molecule has 0 bridgehead atoms. The second-order valence-corrected chi connectivity index (χ2v) is 5.97. The number of nitrogens with one attached hydrogen (secondary N) is 2. The van der Waals surface area contributed by atoms with E-state index in [0.717, 1.165) is 26.2 Å². The molecule has 0 atom stereocenters. The van der Waals surface area contributed by atoms with Crippen molar-refractivity contribution in [1.82, 2.24) is 15.6 Å². The first-order valence-corrected chi connectivity index (χ1v) is 9.07. The number of likely N-dealkylation sites (N-methyl/N-ethyl adjacent to an activating group) is 1. The van der Waals surface area contributed by atoms with Crippen LogP contribution in [0.25, 0.3) is 0 Å². The number of nitrogens with zero attached hydrogens (tertiary/aromatic N) is 3. The fourth-order valence-corrected chi connectivity index (χ4v) is 2.63. The number of hydrogen-bond donors (Lipinski definition) is 2. The van der Waals surface area contributed by atoms with Crippen LogP contribution in [0, 0.1) is 12.7 Å². The van der Waals surface area contributed by atoms with Gasteiger partial charge < -0.3 is 15.5 Å². The smallest absolute Gasteiger partial charge is 0.191 e. The molecule has 26 heavy (non-hydrogen) atoms. The van der Waals surface area contributed by atoms with Gasteiger partial charge >= 0.3 is 0 Å². The number of guanidine groups is 1. The van der Waals surface area contributed by atoms with Crippen LogP contribution in [0.2, 0.25) is 0 Å². The Kier molecular flexibility index (Phi) is 7.86. The first-order chi connectivity index (χ1) is 12.6. The molecule has 2 rings (SSSR count). The molecular weight excluding hydrogens is 329 g/mol. The van der Waals surface area contributed by atoms with Crippen molar-refractivity contribution in [3.63, 3.8) is 0 Å². The summed E-state index contributed by atoms with van der Waals surface area (Å²) >= 11 is 0. The van der Waals surface area contributed by atoms with Crippen molar-refractivity contribution < 1.29 is 4.39 Å². The standard InChI is InChI=1S/C20H28FN5/c1-4-22-20(25-15-19-18(21)10-7-11-23-19)24-12-13-26(5-2)17-9-6-8-16(3)14-17/h6-11,14H,4-5,12-13,15H2,1-3H3,(H2,22,24,25). The number of rotatable bonds is 8. The Balaban J connectivity index is 1.93. The second-order valence-electron chi connectivity index (χ2n) is 5.97. The molecule has 0 spiro atoms. The number of aryl methyl sites for hydroxylation is 1. The second kappa shape index (κ2) is 10.4. The Morgan fingerprint density at radius 2 is 2.04 bits per heavy atom. The van der Waals surface area contributed by atoms with Crippen LogP contribution in [0.15, 0.2) is 47.6 Å². The number of hydrogen-bond acceptors (Lipinski definition) is 3. The lowest BCUT2D eigenvalue weighted by Crippen LogP contribution is -2.41. The molecule has 0 aliphatic carbocycles. The number of aliphatic imine (C=N–C) groups is 1. The van der Waals surface area contributed by atoms with Gasteiger partial charge in [-0.05, 0) is 50.6 Å². The summed E-state index contributed by atoms with van der Waals surface area (Å²) < 4.78 is 13.7. The first-order valence-electron chi connectivity index (χ1n) is 9.07. The maximum Gasteiger partial charge on any atom is 0.191 e. The lowest BCUT2D eigenvalue weighted by Gasteiger charge is -2.24. The van der Waals surface area contributed by atoms with Crippen LogP contribution in [0.5, 0.6) is 0 Å². The maximum absolute atomic E-state index is 13.7. The Hall–Kier alpha value is -2.63. The number of aromatic nitrogens is 1. The Labute approximate surface area is 155 Å². The number of halogens is 1. The lowest BCUT2D eigenvalue weighted by atomic mass is 10.2. The van der Waals surface area contributed by atoms with Crippen LogP contribution in [0.4, 0.5) is 10.1 Å². The highest BCUT2D eigenvalue weighted by atomic mass is 19.1. The quantitative estimate of drug-likeness (QED) is 0.563. The van der Waals surface area contributed by atoms with E-state index in [4.69, 9.17) is 0 Å². The van der Waals surface area contributed by atoms with E-state index in [1.807, 2.05) is 6.92 Å². The van der Waals surface area contributed by atoms with E-state index >= 15 is 0 Å². The summed E-state index contributed by atoms with van der Waals surface area (Å²) in [7, 11) is 0. The molecule has 1 aromatic heterocycles. The fourth-order valence-electron chi connectivity index (χ4n) is 2.63. The van der Waals surface area contributed by atoms with E-state index < -0.39 is 0 Å². The van der Waals surface area contributed by atoms with Crippen LogP contribution < -0.4 is 15.5 Å². The van der Waals surface area contributed by atoms with E-state index in [0.29, 0.717) is 11.7 Å². The molecule has 2 aromatic rings. The van der Waals surface area contributed by atoms with Crippen LogP contribution in [-0.4, -0.2) is 37.1 Å². The van der Waals surface area contributed by atoms with Crippen LogP contribution in [0.3, 0.4) is 0 Å². The highest BCUT2D eigenvalue weighted by molar-refractivity contribution is 5.79. The van der Waals surface area contributed by atoms with E-state index in [1.165, 1.54) is 17.3 Å². The lowest BCUT2D eigenvalue weighted by molar-refractivity contribution is 0.599. The summed E-state index contributed by atoms with van der Waals surface area (Å²) in [6.07, 6.45) is 1.58. The topological polar surface area (TPSA) is 52.6 Å². The third kappa shape index (κ3) is 6.02. The summed E-state index contributed by atoms with van der Waals surface area (Å²) in [6, 6.07) is 11.5. The van der Waals surface area contributed by atoms with Gasteiger partial charge in [-0.1, -0.05) is 12.1 Å². The average molecular weight is 357 g/mol. The van der Waals surface area contributed by atoms with Gasteiger partial charge in [0.25, 0.3) is 0 Å². The van der Waals surface area contributed by atoms with Gasteiger partial charge in [-0.2, -0.15) is 0 Å². The van der Waals surface area contributed by atoms with E-state index in [2.05, 4.69) is 63.6 Å². The molecule has 0 radical (unpaired) electrons. The molecule has 0 unspecified atom stereocenters. The molecule has 140 valence electrons. The summed E-state index contributed by atoms with van der Waals surface area (Å²) in [5.41, 5.74) is 2.81. The molecule has 1 aromatic carbocycles. The maximum atomic E-state index is 13.7. The molecule has 2 N–H and O–H groups in total. The zero-order valence-corrected chi connectivity index (χ0v) is 15.8. The Morgan fingerprint density at radius 1 is 1.19 bits per heavy atom. The van der Waals surface area contributed by atoms with Gasteiger partial charge in [0.15, 0.2) is 5.96 Å². The van der Waals surface area contributed by atoms with Gasteiger partial charge in [0, 0.05) is 38.1 Å². The van der Waals surface area contributed by atoms with Gasteiger partial charge in [0.1, 0.15) is 5.82 Å². The summed E-state index contributed by atoms with van der Waals surface area (Å²) in [4.78, 5) is 10.8. The molecule has 1 heterocycles. The molecule has 0 amide bonds. The van der Waals surface area contributed by atoms with Gasteiger partial charge in [-0.15, -0.1) is 0 Å². The Bertz CT molecular complexity index is 717. The molecule has 6 heteroatoms. The summed E-state index contributed by atoms with van der Waals surface area (Å²) in [6.45, 7) is 9.71. The first kappa shape index (κ1) is 19.7. The predicted molar refractivity (Wildman–Crippen MR) is 106 cm³/mol. The highest BCUT2D eigenvalue weighted by Gasteiger charge is 2.06. The third-order valence-electron chi connectivity index (χ3n) is 3.99. The van der Waals surface area contributed by atoms with Crippen molar-refractivity contribution >= 4 is 11.6 Å². The number of anilines is 1. The zero-order valence-electron chi connectivity index (χ0n) is 15.8. The van der Waals surface area contributed by atoms with Crippen LogP contribution in [0.1, 0.15) is 25.1 Å². The van der Waals surface area contributed by atoms with Gasteiger partial charge in [0.05, 0.1) is 12.2 Å². The van der Waals surface area contributed by atoms with Crippen molar-refractivity contribution in [2.75, 3.05) is 31.1 Å². The third-order valence-corrected chi connectivity index (χ3v) is 3.99.